The highest BCUT2D eigenvalue weighted by Gasteiger charge is 2.18. The Labute approximate surface area is 169 Å². The summed E-state index contributed by atoms with van der Waals surface area (Å²) >= 11 is 0. The molecule has 0 saturated carbocycles. The maximum absolute atomic E-state index is 11.9. The number of hydrogen-bond acceptors (Lipinski definition) is 2. The third kappa shape index (κ3) is 14.8. The minimum Gasteiger partial charge on any atom is -0.344 e. The first kappa shape index (κ1) is 26.1. The summed E-state index contributed by atoms with van der Waals surface area (Å²) < 4.78 is 0.924. The highest BCUT2D eigenvalue weighted by atomic mass is 16.2. The van der Waals surface area contributed by atoms with Gasteiger partial charge in [-0.25, -0.2) is 0 Å². The van der Waals surface area contributed by atoms with Crippen LogP contribution in [0.5, 0.6) is 0 Å². The molecule has 0 aliphatic heterocycles. The van der Waals surface area contributed by atoms with Crippen LogP contribution in [0.3, 0.4) is 0 Å². The van der Waals surface area contributed by atoms with Gasteiger partial charge < -0.3 is 9.80 Å². The zero-order valence-electron chi connectivity index (χ0n) is 18.8. The van der Waals surface area contributed by atoms with E-state index in [1.165, 1.54) is 64.2 Å². The number of rotatable bonds is 19. The van der Waals surface area contributed by atoms with E-state index >= 15 is 0 Å². The number of likely N-dealkylation sites (N-methyl/N-ethyl adjacent to an activating group) is 1. The lowest BCUT2D eigenvalue weighted by Gasteiger charge is -2.32. The van der Waals surface area contributed by atoms with Gasteiger partial charge in [-0.1, -0.05) is 77.6 Å². The van der Waals surface area contributed by atoms with Gasteiger partial charge in [0.1, 0.15) is 0 Å². The fourth-order valence-electron chi connectivity index (χ4n) is 3.32. The number of Topliss-reactive ketones (excluding diaryl/α,β-unsaturated/α-hetero) is 1. The Kier molecular flexibility index (Phi) is 16.6. The van der Waals surface area contributed by atoms with Gasteiger partial charge in [0.2, 0.25) is 5.78 Å². The maximum Gasteiger partial charge on any atom is 0.287 e. The van der Waals surface area contributed by atoms with Gasteiger partial charge in [-0.2, -0.15) is 0 Å². The number of quaternary nitrogens is 1. The van der Waals surface area contributed by atoms with Crippen molar-refractivity contribution in [2.24, 2.45) is 0 Å². The third-order valence-corrected chi connectivity index (χ3v) is 5.97. The van der Waals surface area contributed by atoms with E-state index in [0.29, 0.717) is 13.0 Å². The van der Waals surface area contributed by atoms with Gasteiger partial charge in [0.05, 0.1) is 33.2 Å². The summed E-state index contributed by atoms with van der Waals surface area (Å²) in [5.74, 6) is -0.638. The van der Waals surface area contributed by atoms with Gasteiger partial charge in [0.15, 0.2) is 0 Å². The molecule has 0 spiro atoms. The summed E-state index contributed by atoms with van der Waals surface area (Å²) in [7, 11) is 2.18. The molecule has 160 valence electrons. The van der Waals surface area contributed by atoms with Crippen LogP contribution in [0.15, 0.2) is 0 Å². The highest BCUT2D eigenvalue weighted by Crippen LogP contribution is 2.12. The minimum absolute atomic E-state index is 0.246. The summed E-state index contributed by atoms with van der Waals surface area (Å²) in [6, 6.07) is 0. The molecule has 0 rings (SSSR count). The van der Waals surface area contributed by atoms with Crippen LogP contribution in [-0.4, -0.2) is 49.4 Å². The second-order valence-corrected chi connectivity index (χ2v) is 8.29. The van der Waals surface area contributed by atoms with E-state index in [1.807, 2.05) is 0 Å². The maximum atomic E-state index is 11.9. The topological polar surface area (TPSA) is 46.2 Å². The molecular formula is C23H47N2O2+. The van der Waals surface area contributed by atoms with E-state index in [-0.39, 0.29) is 5.78 Å². The molecule has 0 aromatic carbocycles. The molecule has 4 heteroatoms. The van der Waals surface area contributed by atoms with Crippen LogP contribution in [0.25, 0.3) is 0 Å². The summed E-state index contributed by atoms with van der Waals surface area (Å²) in [6.07, 6.45) is 15.7. The Morgan fingerprint density at radius 2 is 1.15 bits per heavy atom. The van der Waals surface area contributed by atoms with E-state index in [4.69, 9.17) is 0 Å². The number of carbonyl (C=O) groups is 2. The second-order valence-electron chi connectivity index (χ2n) is 8.29. The quantitative estimate of drug-likeness (QED) is 0.188. The van der Waals surface area contributed by atoms with Crippen molar-refractivity contribution in [3.05, 3.63) is 0 Å². The van der Waals surface area contributed by atoms with Crippen molar-refractivity contribution in [2.75, 3.05) is 33.2 Å². The van der Waals surface area contributed by atoms with Gasteiger partial charge in [0, 0.05) is 6.42 Å². The molecule has 0 aromatic heterocycles. The molecule has 0 saturated heterocycles. The number of hydrogen-bond donors (Lipinski definition) is 1. The molecule has 27 heavy (non-hydrogen) atoms. The van der Waals surface area contributed by atoms with E-state index in [0.717, 1.165) is 37.0 Å². The molecule has 0 aliphatic rings. The molecule has 0 aliphatic carbocycles. The molecule has 1 amide bonds. The molecule has 0 radical (unpaired) electrons. The summed E-state index contributed by atoms with van der Waals surface area (Å²) in [5.41, 5.74) is 0. The van der Waals surface area contributed by atoms with Gasteiger partial charge >= 0.3 is 0 Å². The first-order valence-electron chi connectivity index (χ1n) is 11.6. The highest BCUT2D eigenvalue weighted by molar-refractivity contribution is 6.36. The summed E-state index contributed by atoms with van der Waals surface area (Å²) in [5, 5.41) is 2.80. The number of ketones is 1. The fourth-order valence-corrected chi connectivity index (χ4v) is 3.32. The molecular weight excluding hydrogens is 336 g/mol. The average molecular weight is 384 g/mol. The number of nitrogens with one attached hydrogen (secondary N) is 1. The lowest BCUT2D eigenvalue weighted by Crippen LogP contribution is -2.48. The van der Waals surface area contributed by atoms with Crippen molar-refractivity contribution in [2.45, 2.75) is 104 Å². The van der Waals surface area contributed by atoms with Crippen molar-refractivity contribution in [1.29, 1.82) is 0 Å². The Morgan fingerprint density at radius 3 is 1.59 bits per heavy atom. The first-order chi connectivity index (χ1) is 13.0. The lowest BCUT2D eigenvalue weighted by molar-refractivity contribution is -0.904. The van der Waals surface area contributed by atoms with Gasteiger partial charge in [-0.15, -0.1) is 0 Å². The predicted molar refractivity (Wildman–Crippen MR) is 116 cm³/mol. The molecule has 0 aromatic rings. The largest absolute Gasteiger partial charge is 0.344 e. The van der Waals surface area contributed by atoms with Gasteiger partial charge in [0.25, 0.3) is 5.91 Å². The van der Waals surface area contributed by atoms with E-state index in [2.05, 4.69) is 33.1 Å². The van der Waals surface area contributed by atoms with Crippen LogP contribution < -0.4 is 5.32 Å². The Hall–Kier alpha value is -0.900. The van der Waals surface area contributed by atoms with Crippen LogP contribution in [0, 0.1) is 0 Å². The van der Waals surface area contributed by atoms with Crippen molar-refractivity contribution in [3.63, 3.8) is 0 Å². The first-order valence-corrected chi connectivity index (χ1v) is 11.6. The van der Waals surface area contributed by atoms with Crippen LogP contribution in [0.2, 0.25) is 0 Å². The molecule has 0 atom stereocenters. The zero-order valence-corrected chi connectivity index (χ0v) is 18.8. The third-order valence-electron chi connectivity index (χ3n) is 5.97. The number of nitrogens with zero attached hydrogens (tertiary/aromatic N) is 1. The molecule has 0 fully saturated rings. The summed E-state index contributed by atoms with van der Waals surface area (Å²) in [4.78, 5) is 23.8. The molecule has 1 N–H and O–H groups in total. The fraction of sp³-hybridized carbons (Fsp3) is 0.913. The Bertz CT molecular complexity index is 379. The van der Waals surface area contributed by atoms with E-state index in [1.54, 1.807) is 0 Å². The monoisotopic (exact) mass is 383 g/mol. The van der Waals surface area contributed by atoms with Gasteiger partial charge in [-0.05, 0) is 20.3 Å². The van der Waals surface area contributed by atoms with Crippen molar-refractivity contribution < 1.29 is 14.1 Å². The van der Waals surface area contributed by atoms with Crippen LogP contribution >= 0.6 is 0 Å². The Balaban J connectivity index is 3.51. The van der Waals surface area contributed by atoms with E-state index < -0.39 is 5.91 Å². The van der Waals surface area contributed by atoms with Crippen molar-refractivity contribution >= 4 is 11.7 Å². The zero-order chi connectivity index (χ0) is 20.4. The smallest absolute Gasteiger partial charge is 0.287 e. The van der Waals surface area contributed by atoms with Crippen LogP contribution in [0.1, 0.15) is 104 Å². The SMILES string of the molecule is CCCCCCCCCCCCCCC(=O)C(=O)NCC[N+](C)(CC)CC. The molecule has 0 heterocycles. The van der Waals surface area contributed by atoms with Gasteiger partial charge in [-0.3, -0.25) is 9.59 Å². The van der Waals surface area contributed by atoms with E-state index in [9.17, 15) is 9.59 Å². The lowest BCUT2D eigenvalue weighted by atomic mass is 10.0. The summed E-state index contributed by atoms with van der Waals surface area (Å²) in [6.45, 7) is 10.1. The minimum atomic E-state index is -0.392. The predicted octanol–water partition coefficient (Wildman–Crippen LogP) is 5.25. The average Bonchev–Trinajstić information content (AvgIpc) is 2.68. The molecule has 0 unspecified atom stereocenters. The number of unbranched alkanes of at least 4 members (excludes halogenated alkanes) is 11. The number of carbonyl (C=O) groups excluding carboxylic acids is 2. The normalized spacial score (nSPS) is 11.6. The molecule has 4 nitrogen and oxygen atoms in total. The van der Waals surface area contributed by atoms with Crippen LogP contribution in [-0.2, 0) is 9.59 Å². The van der Waals surface area contributed by atoms with Crippen molar-refractivity contribution in [3.8, 4) is 0 Å². The Morgan fingerprint density at radius 1 is 0.704 bits per heavy atom. The van der Waals surface area contributed by atoms with Crippen molar-refractivity contribution in [1.82, 2.24) is 5.32 Å². The van der Waals surface area contributed by atoms with Crippen LogP contribution in [0.4, 0.5) is 0 Å². The standard InChI is InChI=1S/C23H46N2O2/c1-5-8-9-10-11-12-13-14-15-16-17-18-19-22(26)23(27)24-20-21-25(4,6-2)7-3/h5-21H2,1-4H3/p+1. The number of amides is 1. The second kappa shape index (κ2) is 17.2. The molecule has 0 bridgehead atoms.